The predicted molar refractivity (Wildman–Crippen MR) is 256 cm³/mol. The third-order valence-electron chi connectivity index (χ3n) is 9.82. The van der Waals surface area contributed by atoms with Crippen LogP contribution in [0.25, 0.3) is 0 Å². The predicted octanol–water partition coefficient (Wildman–Crippen LogP) is 15.8. The Kier molecular flexibility index (Phi) is 45.1. The smallest absolute Gasteiger partial charge is 0.306 e. The van der Waals surface area contributed by atoms with Crippen molar-refractivity contribution >= 4 is 17.9 Å². The van der Waals surface area contributed by atoms with E-state index in [2.05, 4.69) is 118 Å². The van der Waals surface area contributed by atoms with Gasteiger partial charge in [0, 0.05) is 19.3 Å². The van der Waals surface area contributed by atoms with Crippen LogP contribution >= 0.6 is 0 Å². The second-order valence-corrected chi connectivity index (χ2v) is 15.7. The summed E-state index contributed by atoms with van der Waals surface area (Å²) in [5.74, 6) is -1.00. The Labute approximate surface area is 368 Å². The molecule has 0 aromatic heterocycles. The molecular weight excluding hydrogens is 745 g/mol. The Morgan fingerprint density at radius 3 is 1.25 bits per heavy atom. The highest BCUT2D eigenvalue weighted by Gasteiger charge is 2.19. The van der Waals surface area contributed by atoms with Crippen LogP contribution in [0.2, 0.25) is 0 Å². The van der Waals surface area contributed by atoms with E-state index in [1.54, 1.807) is 0 Å². The summed E-state index contributed by atoms with van der Waals surface area (Å²) in [5, 5.41) is 0. The molecule has 0 aliphatic carbocycles. The molecule has 1 unspecified atom stereocenters. The molecule has 0 heterocycles. The van der Waals surface area contributed by atoms with Gasteiger partial charge in [0.25, 0.3) is 0 Å². The van der Waals surface area contributed by atoms with Crippen LogP contribution in [-0.4, -0.2) is 37.2 Å². The van der Waals surface area contributed by atoms with Gasteiger partial charge in [0.2, 0.25) is 0 Å². The average molecular weight is 833 g/mol. The zero-order chi connectivity index (χ0) is 43.7. The van der Waals surface area contributed by atoms with Gasteiger partial charge in [-0.05, 0) is 103 Å². The molecule has 340 valence electrons. The summed E-state index contributed by atoms with van der Waals surface area (Å²) in [6, 6.07) is 0. The van der Waals surface area contributed by atoms with E-state index in [0.29, 0.717) is 19.3 Å². The third-order valence-corrected chi connectivity index (χ3v) is 9.82. The lowest BCUT2D eigenvalue weighted by atomic mass is 10.1. The van der Waals surface area contributed by atoms with Gasteiger partial charge < -0.3 is 14.2 Å². The van der Waals surface area contributed by atoms with Crippen molar-refractivity contribution in [3.05, 3.63) is 97.2 Å². The Morgan fingerprint density at radius 2 is 0.733 bits per heavy atom. The molecule has 0 N–H and O–H groups in total. The van der Waals surface area contributed by atoms with Crippen LogP contribution < -0.4 is 0 Å². The lowest BCUT2D eigenvalue weighted by Crippen LogP contribution is -2.30. The van der Waals surface area contributed by atoms with Gasteiger partial charge in [0.05, 0.1) is 0 Å². The number of carbonyl (C=O) groups excluding carboxylic acids is 3. The normalized spacial score (nSPS) is 12.9. The molecule has 6 heteroatoms. The molecule has 6 nitrogen and oxygen atoms in total. The highest BCUT2D eigenvalue weighted by atomic mass is 16.6. The van der Waals surface area contributed by atoms with Gasteiger partial charge in [-0.15, -0.1) is 0 Å². The summed E-state index contributed by atoms with van der Waals surface area (Å²) < 4.78 is 16.7. The van der Waals surface area contributed by atoms with E-state index in [1.807, 2.05) is 0 Å². The first kappa shape index (κ1) is 56.3. The third kappa shape index (κ3) is 45.4. The van der Waals surface area contributed by atoms with Gasteiger partial charge in [-0.2, -0.15) is 0 Å². The second kappa shape index (κ2) is 48.0. The van der Waals surface area contributed by atoms with Crippen LogP contribution in [0.15, 0.2) is 97.2 Å². The molecule has 60 heavy (non-hydrogen) atoms. The lowest BCUT2D eigenvalue weighted by molar-refractivity contribution is -0.167. The number of hydrogen-bond donors (Lipinski definition) is 0. The number of allylic oxidation sites excluding steroid dienone is 16. The van der Waals surface area contributed by atoms with Crippen molar-refractivity contribution in [1.82, 2.24) is 0 Å². The van der Waals surface area contributed by atoms with Gasteiger partial charge in [0.1, 0.15) is 13.2 Å². The summed E-state index contributed by atoms with van der Waals surface area (Å²) in [4.78, 5) is 37.8. The molecule has 0 fully saturated rings. The summed E-state index contributed by atoms with van der Waals surface area (Å²) in [5.41, 5.74) is 0. The molecule has 0 saturated heterocycles. The summed E-state index contributed by atoms with van der Waals surface area (Å²) in [6.45, 7) is 6.36. The van der Waals surface area contributed by atoms with Crippen LogP contribution in [0, 0.1) is 0 Å². The standard InChI is InChI=1S/C54H88O6/c1-4-7-10-13-16-19-22-24-26-27-29-30-32-35-38-41-44-47-53(56)59-50-51(49-58-52(55)46-43-40-37-34-21-18-15-12-9-6-3)60-54(57)48-45-42-39-36-33-31-28-25-23-20-17-14-11-8-5-2/h7,10,15-20,23-26,29-30,35,38,51H,4-6,8-9,11-14,21-22,27-28,31-34,36-37,39-50H2,1-3H3/b10-7-,18-15-,19-16-,20-17-,25-23-,26-24-,30-29-,38-35-. The summed E-state index contributed by atoms with van der Waals surface area (Å²) in [6.07, 6.45) is 62.5. The Balaban J connectivity index is 4.50. The van der Waals surface area contributed by atoms with Crippen LogP contribution in [0.4, 0.5) is 0 Å². The lowest BCUT2D eigenvalue weighted by Gasteiger charge is -2.18. The van der Waals surface area contributed by atoms with Crippen molar-refractivity contribution in [1.29, 1.82) is 0 Å². The molecule has 0 aliphatic heterocycles. The molecule has 0 rings (SSSR count). The topological polar surface area (TPSA) is 78.9 Å². The van der Waals surface area contributed by atoms with Gasteiger partial charge in [-0.25, -0.2) is 0 Å². The maximum Gasteiger partial charge on any atom is 0.306 e. The van der Waals surface area contributed by atoms with Crippen molar-refractivity contribution < 1.29 is 28.6 Å². The van der Waals surface area contributed by atoms with E-state index in [-0.39, 0.29) is 37.5 Å². The minimum Gasteiger partial charge on any atom is -0.462 e. The quantitative estimate of drug-likeness (QED) is 0.0200. The SMILES string of the molecule is CC/C=C\C/C=C\C/C=C\C/C=C\C/C=C\CCCC(=O)OCC(COC(=O)CCCCCC/C=C\CCCC)OC(=O)CCCCCCCC/C=C\C=C/CCCCC. The fraction of sp³-hybridized carbons (Fsp3) is 0.648. The van der Waals surface area contributed by atoms with E-state index in [9.17, 15) is 14.4 Å². The molecule has 0 bridgehead atoms. The Bertz CT molecular complexity index is 1230. The monoisotopic (exact) mass is 833 g/mol. The number of unbranched alkanes of at least 4 members (excludes halogenated alkanes) is 16. The molecule has 0 aliphatic rings. The van der Waals surface area contributed by atoms with E-state index >= 15 is 0 Å². The first-order chi connectivity index (χ1) is 29.5. The van der Waals surface area contributed by atoms with Crippen molar-refractivity contribution in [2.45, 2.75) is 213 Å². The first-order valence-electron chi connectivity index (χ1n) is 24.3. The Morgan fingerprint density at radius 1 is 0.367 bits per heavy atom. The summed E-state index contributed by atoms with van der Waals surface area (Å²) >= 11 is 0. The average Bonchev–Trinajstić information content (AvgIpc) is 3.24. The van der Waals surface area contributed by atoms with Gasteiger partial charge >= 0.3 is 17.9 Å². The zero-order valence-electron chi connectivity index (χ0n) is 38.7. The molecule has 0 spiro atoms. The Hall–Kier alpha value is -3.67. The molecule has 0 radical (unpaired) electrons. The van der Waals surface area contributed by atoms with Crippen molar-refractivity contribution in [3.8, 4) is 0 Å². The number of hydrogen-bond acceptors (Lipinski definition) is 6. The van der Waals surface area contributed by atoms with E-state index in [0.717, 1.165) is 109 Å². The van der Waals surface area contributed by atoms with Crippen LogP contribution in [0.1, 0.15) is 207 Å². The molecule has 0 saturated carbocycles. The number of ether oxygens (including phenoxy) is 3. The molecule has 1 atom stereocenters. The van der Waals surface area contributed by atoms with E-state index in [4.69, 9.17) is 14.2 Å². The summed E-state index contributed by atoms with van der Waals surface area (Å²) in [7, 11) is 0. The van der Waals surface area contributed by atoms with Crippen LogP contribution in [0.3, 0.4) is 0 Å². The van der Waals surface area contributed by atoms with Gasteiger partial charge in [-0.1, -0.05) is 182 Å². The van der Waals surface area contributed by atoms with Crippen LogP contribution in [-0.2, 0) is 28.6 Å². The zero-order valence-corrected chi connectivity index (χ0v) is 38.7. The van der Waals surface area contributed by atoms with Gasteiger partial charge in [0.15, 0.2) is 6.10 Å². The van der Waals surface area contributed by atoms with E-state index in [1.165, 1.54) is 51.4 Å². The molecular formula is C54H88O6. The van der Waals surface area contributed by atoms with Gasteiger partial charge in [-0.3, -0.25) is 14.4 Å². The highest BCUT2D eigenvalue weighted by molar-refractivity contribution is 5.71. The van der Waals surface area contributed by atoms with Crippen LogP contribution in [0.5, 0.6) is 0 Å². The van der Waals surface area contributed by atoms with E-state index < -0.39 is 6.10 Å². The minimum absolute atomic E-state index is 0.108. The van der Waals surface area contributed by atoms with Crippen molar-refractivity contribution in [2.24, 2.45) is 0 Å². The first-order valence-corrected chi connectivity index (χ1v) is 24.3. The van der Waals surface area contributed by atoms with Crippen molar-refractivity contribution in [3.63, 3.8) is 0 Å². The maximum absolute atomic E-state index is 12.8. The highest BCUT2D eigenvalue weighted by Crippen LogP contribution is 2.12. The largest absolute Gasteiger partial charge is 0.462 e. The second-order valence-electron chi connectivity index (χ2n) is 15.7. The fourth-order valence-corrected chi connectivity index (χ4v) is 6.15. The number of esters is 3. The molecule has 0 amide bonds. The number of rotatable bonds is 42. The number of carbonyl (C=O) groups is 3. The fourth-order valence-electron chi connectivity index (χ4n) is 6.15. The maximum atomic E-state index is 12.8. The van der Waals surface area contributed by atoms with Crippen molar-refractivity contribution in [2.75, 3.05) is 13.2 Å². The molecule has 0 aromatic carbocycles. The minimum atomic E-state index is -0.810. The molecule has 0 aromatic rings.